The van der Waals surface area contributed by atoms with Crippen LogP contribution in [0.4, 0.5) is 5.82 Å². The van der Waals surface area contributed by atoms with Crippen molar-refractivity contribution in [1.82, 2.24) is 9.88 Å². The van der Waals surface area contributed by atoms with Crippen LogP contribution >= 0.6 is 0 Å². The van der Waals surface area contributed by atoms with Crippen LogP contribution in [0, 0.1) is 0 Å². The Labute approximate surface area is 148 Å². The van der Waals surface area contributed by atoms with Crippen LogP contribution in [0.3, 0.4) is 0 Å². The number of anilines is 1. The van der Waals surface area contributed by atoms with Crippen molar-refractivity contribution in [1.29, 1.82) is 0 Å². The van der Waals surface area contributed by atoms with E-state index >= 15 is 0 Å². The summed E-state index contributed by atoms with van der Waals surface area (Å²) in [6.45, 7) is 5.75. The molecule has 0 unspecified atom stereocenters. The maximum Gasteiger partial charge on any atom is 0.161 e. The molecule has 0 radical (unpaired) electrons. The van der Waals surface area contributed by atoms with Crippen molar-refractivity contribution in [2.45, 2.75) is 6.54 Å². The third-order valence-corrected chi connectivity index (χ3v) is 4.14. The Kier molecular flexibility index (Phi) is 6.48. The standard InChI is InChI=1S/C19H25N3O3/c1-23-17-6-5-16(15-21-19-4-2-3-7-20-19)14-18(17)25-13-10-22-8-11-24-12-9-22/h2-7,14H,8-13,15H2,1H3,(H,20,21). The number of aromatic nitrogens is 1. The third kappa shape index (κ3) is 5.34. The summed E-state index contributed by atoms with van der Waals surface area (Å²) in [5.41, 5.74) is 1.12. The molecule has 3 rings (SSSR count). The molecule has 0 saturated carbocycles. The number of nitrogens with one attached hydrogen (secondary N) is 1. The molecular weight excluding hydrogens is 318 g/mol. The zero-order valence-electron chi connectivity index (χ0n) is 14.6. The van der Waals surface area contributed by atoms with E-state index in [-0.39, 0.29) is 0 Å². The van der Waals surface area contributed by atoms with Crippen molar-refractivity contribution in [2.75, 3.05) is 51.9 Å². The van der Waals surface area contributed by atoms with Crippen LogP contribution in [0.2, 0.25) is 0 Å². The minimum atomic E-state index is 0.632. The Morgan fingerprint density at radius 2 is 2.04 bits per heavy atom. The lowest BCUT2D eigenvalue weighted by Gasteiger charge is -2.26. The fourth-order valence-corrected chi connectivity index (χ4v) is 2.71. The predicted molar refractivity (Wildman–Crippen MR) is 97.3 cm³/mol. The van der Waals surface area contributed by atoms with Crippen LogP contribution in [-0.2, 0) is 11.3 Å². The van der Waals surface area contributed by atoms with Crippen LogP contribution in [-0.4, -0.2) is 56.4 Å². The highest BCUT2D eigenvalue weighted by molar-refractivity contribution is 5.44. The molecule has 25 heavy (non-hydrogen) atoms. The second kappa shape index (κ2) is 9.25. The highest BCUT2D eigenvalue weighted by Crippen LogP contribution is 2.28. The number of morpholine rings is 1. The van der Waals surface area contributed by atoms with Crippen molar-refractivity contribution in [3.05, 3.63) is 48.2 Å². The van der Waals surface area contributed by atoms with Crippen molar-refractivity contribution >= 4 is 5.82 Å². The van der Waals surface area contributed by atoms with E-state index in [1.54, 1.807) is 13.3 Å². The number of methoxy groups -OCH3 is 1. The van der Waals surface area contributed by atoms with Crippen LogP contribution < -0.4 is 14.8 Å². The lowest BCUT2D eigenvalue weighted by molar-refractivity contribution is 0.0321. The smallest absolute Gasteiger partial charge is 0.161 e. The first kappa shape index (κ1) is 17.5. The van der Waals surface area contributed by atoms with Crippen molar-refractivity contribution in [2.24, 2.45) is 0 Å². The molecule has 0 atom stereocenters. The van der Waals surface area contributed by atoms with E-state index in [1.165, 1.54) is 0 Å². The zero-order valence-corrected chi connectivity index (χ0v) is 14.6. The molecule has 1 saturated heterocycles. The van der Waals surface area contributed by atoms with Gasteiger partial charge in [-0.25, -0.2) is 4.98 Å². The number of hydrogen-bond acceptors (Lipinski definition) is 6. The molecule has 2 heterocycles. The molecule has 1 aromatic heterocycles. The minimum Gasteiger partial charge on any atom is -0.493 e. The molecule has 1 aromatic carbocycles. The Balaban J connectivity index is 1.55. The van der Waals surface area contributed by atoms with E-state index in [9.17, 15) is 0 Å². The molecule has 0 bridgehead atoms. The lowest BCUT2D eigenvalue weighted by Crippen LogP contribution is -2.38. The van der Waals surface area contributed by atoms with E-state index in [1.807, 2.05) is 36.4 Å². The van der Waals surface area contributed by atoms with Gasteiger partial charge >= 0.3 is 0 Å². The fraction of sp³-hybridized carbons (Fsp3) is 0.421. The first-order valence-electron chi connectivity index (χ1n) is 8.60. The van der Waals surface area contributed by atoms with E-state index in [4.69, 9.17) is 14.2 Å². The number of hydrogen-bond donors (Lipinski definition) is 1. The molecule has 0 spiro atoms. The second-order valence-corrected chi connectivity index (χ2v) is 5.86. The van der Waals surface area contributed by atoms with E-state index in [0.717, 1.165) is 55.7 Å². The van der Waals surface area contributed by atoms with Crippen molar-refractivity contribution in [3.8, 4) is 11.5 Å². The maximum atomic E-state index is 5.97. The number of rotatable bonds is 8. The Hall–Kier alpha value is -2.31. The van der Waals surface area contributed by atoms with Crippen LogP contribution in [0.25, 0.3) is 0 Å². The van der Waals surface area contributed by atoms with Crippen LogP contribution in [0.1, 0.15) is 5.56 Å². The minimum absolute atomic E-state index is 0.632. The van der Waals surface area contributed by atoms with Crippen LogP contribution in [0.15, 0.2) is 42.6 Å². The van der Waals surface area contributed by atoms with Gasteiger partial charge in [-0.2, -0.15) is 0 Å². The van der Waals surface area contributed by atoms with Gasteiger partial charge in [0.2, 0.25) is 0 Å². The van der Waals surface area contributed by atoms with Crippen LogP contribution in [0.5, 0.6) is 11.5 Å². The maximum absolute atomic E-state index is 5.97. The number of benzene rings is 1. The third-order valence-electron chi connectivity index (χ3n) is 4.14. The highest BCUT2D eigenvalue weighted by atomic mass is 16.5. The Morgan fingerprint density at radius 3 is 2.80 bits per heavy atom. The first-order chi connectivity index (χ1) is 12.3. The van der Waals surface area contributed by atoms with Gasteiger partial charge in [0, 0.05) is 32.4 Å². The van der Waals surface area contributed by atoms with Gasteiger partial charge in [-0.05, 0) is 29.8 Å². The van der Waals surface area contributed by atoms with Crippen molar-refractivity contribution < 1.29 is 14.2 Å². The molecule has 0 aliphatic carbocycles. The molecule has 0 amide bonds. The average Bonchev–Trinajstić information content (AvgIpc) is 2.68. The molecule has 1 fully saturated rings. The molecule has 1 aliphatic heterocycles. The molecular formula is C19H25N3O3. The summed E-state index contributed by atoms with van der Waals surface area (Å²) in [7, 11) is 1.66. The van der Waals surface area contributed by atoms with Gasteiger partial charge in [0.05, 0.1) is 20.3 Å². The van der Waals surface area contributed by atoms with Gasteiger partial charge in [0.25, 0.3) is 0 Å². The molecule has 134 valence electrons. The molecule has 2 aromatic rings. The average molecular weight is 343 g/mol. The number of ether oxygens (including phenoxy) is 3. The van der Waals surface area contributed by atoms with Crippen molar-refractivity contribution in [3.63, 3.8) is 0 Å². The predicted octanol–water partition coefficient (Wildman–Crippen LogP) is 2.41. The second-order valence-electron chi connectivity index (χ2n) is 5.86. The molecule has 6 nitrogen and oxygen atoms in total. The van der Waals surface area contributed by atoms with Gasteiger partial charge in [-0.1, -0.05) is 12.1 Å². The van der Waals surface area contributed by atoms with E-state index in [0.29, 0.717) is 13.2 Å². The van der Waals surface area contributed by atoms with Gasteiger partial charge in [0.15, 0.2) is 11.5 Å². The number of pyridine rings is 1. The summed E-state index contributed by atoms with van der Waals surface area (Å²) in [5.74, 6) is 2.38. The quantitative estimate of drug-likeness (QED) is 0.794. The topological polar surface area (TPSA) is 55.8 Å². The molecule has 6 heteroatoms. The summed E-state index contributed by atoms with van der Waals surface area (Å²) >= 11 is 0. The van der Waals surface area contributed by atoms with E-state index < -0.39 is 0 Å². The van der Waals surface area contributed by atoms with E-state index in [2.05, 4.69) is 15.2 Å². The fourth-order valence-electron chi connectivity index (χ4n) is 2.71. The van der Waals surface area contributed by atoms with Gasteiger partial charge in [0.1, 0.15) is 12.4 Å². The summed E-state index contributed by atoms with van der Waals surface area (Å²) in [6, 6.07) is 11.8. The summed E-state index contributed by atoms with van der Waals surface area (Å²) < 4.78 is 16.8. The number of nitrogens with zero attached hydrogens (tertiary/aromatic N) is 2. The molecule has 1 N–H and O–H groups in total. The Morgan fingerprint density at radius 1 is 1.16 bits per heavy atom. The summed E-state index contributed by atoms with van der Waals surface area (Å²) in [6.07, 6.45) is 1.77. The summed E-state index contributed by atoms with van der Waals surface area (Å²) in [4.78, 5) is 6.62. The van der Waals surface area contributed by atoms with Gasteiger partial charge in [-0.15, -0.1) is 0 Å². The highest BCUT2D eigenvalue weighted by Gasteiger charge is 2.11. The lowest BCUT2D eigenvalue weighted by atomic mass is 10.2. The zero-order chi connectivity index (χ0) is 17.3. The Bertz CT molecular complexity index is 646. The monoisotopic (exact) mass is 343 g/mol. The molecule has 1 aliphatic rings. The SMILES string of the molecule is COc1ccc(CNc2ccccn2)cc1OCCN1CCOCC1. The van der Waals surface area contributed by atoms with Gasteiger partial charge in [-0.3, -0.25) is 4.90 Å². The first-order valence-corrected chi connectivity index (χ1v) is 8.60. The normalized spacial score (nSPS) is 14.9. The summed E-state index contributed by atoms with van der Waals surface area (Å²) in [5, 5.41) is 3.30. The van der Waals surface area contributed by atoms with Gasteiger partial charge < -0.3 is 19.5 Å². The largest absolute Gasteiger partial charge is 0.493 e.